The smallest absolute Gasteiger partial charge is 0.330 e. The fraction of sp³-hybridized carbons (Fsp3) is 0.700. The average Bonchev–Trinajstić information content (AvgIpc) is 2.60. The Bertz CT molecular complexity index is 229. The van der Waals surface area contributed by atoms with E-state index in [0.29, 0.717) is 19.8 Å². The van der Waals surface area contributed by atoms with Gasteiger partial charge in [0.2, 0.25) is 0 Å². The Kier molecular flexibility index (Phi) is 5.90. The zero-order chi connectivity index (χ0) is 11.1. The Morgan fingerprint density at radius 2 is 2.47 bits per heavy atom. The summed E-state index contributed by atoms with van der Waals surface area (Å²) in [5.74, 6) is -0.344. The molecule has 0 N–H and O–H groups in total. The van der Waals surface area contributed by atoms with Gasteiger partial charge in [0.05, 0.1) is 24.6 Å². The summed E-state index contributed by atoms with van der Waals surface area (Å²) < 4.78 is 15.4. The summed E-state index contributed by atoms with van der Waals surface area (Å²) in [4.78, 5) is 11.1. The van der Waals surface area contributed by atoms with E-state index in [1.165, 1.54) is 6.08 Å². The molecule has 0 aromatic carbocycles. The van der Waals surface area contributed by atoms with Crippen molar-refractivity contribution < 1.29 is 19.0 Å². The maximum Gasteiger partial charge on any atom is 0.330 e. The Labute approximate surface area is 97.7 Å². The molecule has 0 unspecified atom stereocenters. The van der Waals surface area contributed by atoms with E-state index < -0.39 is 0 Å². The number of hydrogen-bond donors (Lipinski definition) is 0. The predicted molar refractivity (Wildman–Crippen MR) is 58.8 cm³/mol. The highest BCUT2D eigenvalue weighted by Crippen LogP contribution is 2.21. The molecule has 1 heterocycles. The topological polar surface area (TPSA) is 44.8 Å². The van der Waals surface area contributed by atoms with E-state index in [9.17, 15) is 4.79 Å². The second kappa shape index (κ2) is 6.98. The molecule has 0 aliphatic carbocycles. The van der Waals surface area contributed by atoms with Crippen molar-refractivity contribution in [2.24, 2.45) is 0 Å². The highest BCUT2D eigenvalue weighted by molar-refractivity contribution is 9.09. The van der Waals surface area contributed by atoms with Crippen LogP contribution in [-0.4, -0.2) is 36.9 Å². The second-order valence-corrected chi connectivity index (χ2v) is 4.21. The van der Waals surface area contributed by atoms with Gasteiger partial charge in [-0.05, 0) is 13.3 Å². The van der Waals surface area contributed by atoms with Gasteiger partial charge < -0.3 is 14.2 Å². The zero-order valence-electron chi connectivity index (χ0n) is 8.65. The van der Waals surface area contributed by atoms with Gasteiger partial charge in [0.1, 0.15) is 0 Å². The molecule has 1 fully saturated rings. The van der Waals surface area contributed by atoms with Crippen molar-refractivity contribution in [2.45, 2.75) is 24.5 Å². The maximum absolute atomic E-state index is 10.9. The average molecular weight is 279 g/mol. The molecule has 0 aromatic rings. The van der Waals surface area contributed by atoms with Gasteiger partial charge in [0.15, 0.2) is 6.29 Å². The highest BCUT2D eigenvalue weighted by Gasteiger charge is 2.25. The molecule has 0 radical (unpaired) electrons. The van der Waals surface area contributed by atoms with Crippen molar-refractivity contribution in [1.82, 2.24) is 0 Å². The molecule has 4 nitrogen and oxygen atoms in total. The predicted octanol–water partition coefficient (Wildman–Crippen LogP) is 1.63. The van der Waals surface area contributed by atoms with Gasteiger partial charge in [0.25, 0.3) is 0 Å². The molecule has 0 spiro atoms. The Hall–Kier alpha value is -0.390. The fourth-order valence-corrected chi connectivity index (χ4v) is 1.67. The fourth-order valence-electron chi connectivity index (χ4n) is 1.17. The summed E-state index contributed by atoms with van der Waals surface area (Å²) in [6.07, 6.45) is 3.73. The number of halogens is 1. The molecule has 0 aromatic heterocycles. The van der Waals surface area contributed by atoms with Crippen molar-refractivity contribution >= 4 is 21.9 Å². The van der Waals surface area contributed by atoms with Crippen LogP contribution < -0.4 is 0 Å². The molecular formula is C10H15BrO4. The van der Waals surface area contributed by atoms with E-state index in [-0.39, 0.29) is 17.1 Å². The van der Waals surface area contributed by atoms with Gasteiger partial charge in [-0.1, -0.05) is 22.0 Å². The van der Waals surface area contributed by atoms with E-state index in [1.807, 2.05) is 0 Å². The number of alkyl halides is 1. The summed E-state index contributed by atoms with van der Waals surface area (Å²) >= 11 is 3.44. The van der Waals surface area contributed by atoms with Crippen LogP contribution in [0.2, 0.25) is 0 Å². The van der Waals surface area contributed by atoms with Crippen LogP contribution >= 0.6 is 15.9 Å². The summed E-state index contributed by atoms with van der Waals surface area (Å²) in [6.45, 7) is 3.22. The van der Waals surface area contributed by atoms with Crippen LogP contribution in [-0.2, 0) is 19.0 Å². The van der Waals surface area contributed by atoms with Gasteiger partial charge in [-0.2, -0.15) is 0 Å². The first-order valence-electron chi connectivity index (χ1n) is 4.94. The summed E-state index contributed by atoms with van der Waals surface area (Å²) in [7, 11) is 0. The number of hydrogen-bond acceptors (Lipinski definition) is 4. The quantitative estimate of drug-likeness (QED) is 0.436. The van der Waals surface area contributed by atoms with Crippen molar-refractivity contribution in [3.8, 4) is 0 Å². The molecule has 1 rings (SSSR count). The summed E-state index contributed by atoms with van der Waals surface area (Å²) in [6, 6.07) is 0. The lowest BCUT2D eigenvalue weighted by Crippen LogP contribution is -2.19. The first-order valence-corrected chi connectivity index (χ1v) is 5.86. The van der Waals surface area contributed by atoms with Gasteiger partial charge in [-0.25, -0.2) is 4.79 Å². The van der Waals surface area contributed by atoms with E-state index in [1.54, 1.807) is 13.0 Å². The number of rotatable bonds is 5. The summed E-state index contributed by atoms with van der Waals surface area (Å²) in [5.41, 5.74) is 0. The first kappa shape index (κ1) is 12.7. The lowest BCUT2D eigenvalue weighted by molar-refractivity contribution is -0.137. The molecule has 5 heteroatoms. The number of carbonyl (C=O) groups is 1. The highest BCUT2D eigenvalue weighted by atomic mass is 79.9. The van der Waals surface area contributed by atoms with Crippen LogP contribution in [0, 0.1) is 0 Å². The monoisotopic (exact) mass is 278 g/mol. The molecule has 15 heavy (non-hydrogen) atoms. The van der Waals surface area contributed by atoms with Gasteiger partial charge in [-0.3, -0.25) is 0 Å². The molecular weight excluding hydrogens is 264 g/mol. The van der Waals surface area contributed by atoms with Crippen molar-refractivity contribution in [2.75, 3.05) is 19.8 Å². The van der Waals surface area contributed by atoms with E-state index in [4.69, 9.17) is 14.2 Å². The third-order valence-corrected chi connectivity index (χ3v) is 2.76. The van der Waals surface area contributed by atoms with Crippen molar-refractivity contribution in [3.05, 3.63) is 12.2 Å². The molecule has 1 aliphatic rings. The Balaban J connectivity index is 2.12. The lowest BCUT2D eigenvalue weighted by Gasteiger charge is -2.12. The number of esters is 1. The number of ether oxygens (including phenoxy) is 3. The van der Waals surface area contributed by atoms with Crippen LogP contribution in [0.4, 0.5) is 0 Å². The molecule has 86 valence electrons. The van der Waals surface area contributed by atoms with Crippen LogP contribution in [0.5, 0.6) is 0 Å². The van der Waals surface area contributed by atoms with Crippen molar-refractivity contribution in [3.63, 3.8) is 0 Å². The normalized spacial score (nSPS) is 26.0. The Morgan fingerprint density at radius 3 is 3.07 bits per heavy atom. The van der Waals surface area contributed by atoms with Crippen LogP contribution in [0.3, 0.4) is 0 Å². The standard InChI is InChI=1S/C10H15BrO4/c1-2-13-9(12)4-3-6-14-10-8(11)5-7-15-10/h3-4,8,10H,2,5-7H2,1H3/b4-3+/t8-,10-/m1/s1. The second-order valence-electron chi connectivity index (χ2n) is 3.03. The van der Waals surface area contributed by atoms with E-state index in [2.05, 4.69) is 15.9 Å². The third-order valence-electron chi connectivity index (χ3n) is 1.87. The van der Waals surface area contributed by atoms with Gasteiger partial charge in [0, 0.05) is 6.08 Å². The van der Waals surface area contributed by atoms with Crippen LogP contribution in [0.15, 0.2) is 12.2 Å². The SMILES string of the molecule is CCOC(=O)/C=C/CO[C@@H]1OCC[C@H]1Br. The third kappa shape index (κ3) is 4.77. The maximum atomic E-state index is 10.9. The lowest BCUT2D eigenvalue weighted by atomic mass is 10.4. The molecule has 0 amide bonds. The molecule has 0 bridgehead atoms. The molecule has 1 saturated heterocycles. The molecule has 0 saturated carbocycles. The van der Waals surface area contributed by atoms with Crippen LogP contribution in [0.1, 0.15) is 13.3 Å². The minimum Gasteiger partial charge on any atom is -0.463 e. The largest absolute Gasteiger partial charge is 0.463 e. The molecule has 2 atom stereocenters. The minimum atomic E-state index is -0.344. The van der Waals surface area contributed by atoms with Gasteiger partial charge >= 0.3 is 5.97 Å². The van der Waals surface area contributed by atoms with Crippen LogP contribution in [0.25, 0.3) is 0 Å². The van der Waals surface area contributed by atoms with E-state index >= 15 is 0 Å². The van der Waals surface area contributed by atoms with Crippen molar-refractivity contribution in [1.29, 1.82) is 0 Å². The summed E-state index contributed by atoms with van der Waals surface area (Å²) in [5, 5.41) is 0. The number of carbonyl (C=O) groups excluding carboxylic acids is 1. The Morgan fingerprint density at radius 1 is 1.67 bits per heavy atom. The molecule has 1 aliphatic heterocycles. The first-order chi connectivity index (χ1) is 7.24. The zero-order valence-corrected chi connectivity index (χ0v) is 10.2. The van der Waals surface area contributed by atoms with E-state index in [0.717, 1.165) is 6.42 Å². The minimum absolute atomic E-state index is 0.211. The van der Waals surface area contributed by atoms with Gasteiger partial charge in [-0.15, -0.1) is 0 Å².